The highest BCUT2D eigenvalue weighted by molar-refractivity contribution is 7.03. The molecule has 0 amide bonds. The number of benzene rings is 5. The fraction of sp³-hybridized carbons (Fsp3) is 0.167. The smallest absolute Gasteiger partial charge is 0.253 e. The lowest BCUT2D eigenvalue weighted by atomic mass is 9.35. The minimum absolute atomic E-state index is 0.260. The molecule has 0 bridgehead atoms. The molecule has 8 rings (SSSR count). The minimum atomic E-state index is 0.260. The molecule has 0 spiro atoms. The highest BCUT2D eigenvalue weighted by Gasteiger charge is 2.48. The second kappa shape index (κ2) is 8.38. The van der Waals surface area contributed by atoms with Crippen LogP contribution in [0.1, 0.15) is 37.5 Å². The van der Waals surface area contributed by atoms with Crippen LogP contribution in [0, 0.1) is 0 Å². The number of hydrogen-bond acceptors (Lipinski definition) is 2. The highest BCUT2D eigenvalue weighted by Crippen LogP contribution is 2.48. The molecule has 3 aliphatic heterocycles. The van der Waals surface area contributed by atoms with Gasteiger partial charge in [0.05, 0.1) is 0 Å². The minimum Gasteiger partial charge on any atom is -0.311 e. The van der Waals surface area contributed by atoms with Crippen LogP contribution in [0.4, 0.5) is 34.1 Å². The number of nitrogens with zero attached hydrogens (tertiary/aromatic N) is 2. The van der Waals surface area contributed by atoms with Crippen LogP contribution in [0.25, 0.3) is 11.1 Å². The van der Waals surface area contributed by atoms with Gasteiger partial charge in [0, 0.05) is 34.1 Å². The first-order valence-corrected chi connectivity index (χ1v) is 14.4. The SMILES string of the molecule is CCc1ccc(N2c3cccc4c3B3c5c-4cccc5N(c4ccc(CC)cc4)c4cc(CC)cc2c43)cc1. The van der Waals surface area contributed by atoms with Gasteiger partial charge in [-0.15, -0.1) is 0 Å². The molecule has 188 valence electrons. The molecule has 0 unspecified atom stereocenters. The Labute approximate surface area is 231 Å². The van der Waals surface area contributed by atoms with Crippen molar-refractivity contribution in [3.05, 3.63) is 114 Å². The summed E-state index contributed by atoms with van der Waals surface area (Å²) in [4.78, 5) is 5.06. The van der Waals surface area contributed by atoms with Crippen LogP contribution in [0.3, 0.4) is 0 Å². The summed E-state index contributed by atoms with van der Waals surface area (Å²) in [5.41, 5.74) is 18.9. The number of rotatable bonds is 5. The Hall–Kier alpha value is -4.24. The van der Waals surface area contributed by atoms with Gasteiger partial charge < -0.3 is 9.80 Å². The van der Waals surface area contributed by atoms with Crippen LogP contribution >= 0.6 is 0 Å². The normalized spacial score (nSPS) is 13.7. The number of aryl methyl sites for hydroxylation is 3. The molecule has 0 saturated carbocycles. The molecule has 0 fully saturated rings. The average Bonchev–Trinajstić information content (AvgIpc) is 3.34. The van der Waals surface area contributed by atoms with Gasteiger partial charge in [-0.05, 0) is 112 Å². The Balaban J connectivity index is 1.47. The van der Waals surface area contributed by atoms with Crippen molar-refractivity contribution in [2.75, 3.05) is 9.80 Å². The first kappa shape index (κ1) is 22.7. The lowest BCUT2D eigenvalue weighted by Crippen LogP contribution is -2.59. The Kier molecular flexibility index (Phi) is 4.88. The fourth-order valence-corrected chi connectivity index (χ4v) is 7.13. The fourth-order valence-electron chi connectivity index (χ4n) is 7.13. The van der Waals surface area contributed by atoms with Crippen LogP contribution in [0.2, 0.25) is 0 Å². The molecule has 0 aromatic heterocycles. The maximum Gasteiger partial charge on any atom is 0.253 e. The summed E-state index contributed by atoms with van der Waals surface area (Å²) in [6, 6.07) is 37.1. The summed E-state index contributed by atoms with van der Waals surface area (Å²) in [6.07, 6.45) is 3.09. The monoisotopic (exact) mass is 502 g/mol. The lowest BCUT2D eigenvalue weighted by molar-refractivity contribution is 1.12. The quantitative estimate of drug-likeness (QED) is 0.226. The number of anilines is 6. The first-order valence-electron chi connectivity index (χ1n) is 14.4. The van der Waals surface area contributed by atoms with E-state index in [4.69, 9.17) is 0 Å². The predicted molar refractivity (Wildman–Crippen MR) is 168 cm³/mol. The summed E-state index contributed by atoms with van der Waals surface area (Å²) in [6.45, 7) is 6.98. The molecule has 0 aliphatic carbocycles. The van der Waals surface area contributed by atoms with E-state index in [1.54, 1.807) is 0 Å². The third-order valence-corrected chi connectivity index (χ3v) is 9.10. The molecule has 3 aliphatic rings. The van der Waals surface area contributed by atoms with Crippen molar-refractivity contribution in [2.24, 2.45) is 0 Å². The molecule has 39 heavy (non-hydrogen) atoms. The summed E-state index contributed by atoms with van der Waals surface area (Å²) in [7, 11) is 0. The van der Waals surface area contributed by atoms with E-state index in [0.717, 1.165) is 19.3 Å². The third-order valence-electron chi connectivity index (χ3n) is 9.10. The van der Waals surface area contributed by atoms with Crippen molar-refractivity contribution in [3.63, 3.8) is 0 Å². The predicted octanol–water partition coefficient (Wildman–Crippen LogP) is 7.44. The van der Waals surface area contributed by atoms with Crippen LogP contribution in [0.15, 0.2) is 97.1 Å². The van der Waals surface area contributed by atoms with Crippen molar-refractivity contribution in [3.8, 4) is 11.1 Å². The standard InChI is InChI=1S/C36H31BN2/c1-4-23-13-17-26(18-14-23)38-30-11-7-9-28-29-10-8-12-31-35(29)37(34(28)30)36-32(38)21-25(6-3)22-33(36)39(31)27-19-15-24(5-2)16-20-27/h7-22H,4-6H2,1-3H3. The Morgan fingerprint density at radius 2 is 0.897 bits per heavy atom. The molecule has 5 aromatic carbocycles. The van der Waals surface area contributed by atoms with Crippen LogP contribution in [0.5, 0.6) is 0 Å². The Morgan fingerprint density at radius 3 is 1.31 bits per heavy atom. The second-order valence-electron chi connectivity index (χ2n) is 11.0. The zero-order valence-electron chi connectivity index (χ0n) is 22.8. The van der Waals surface area contributed by atoms with Gasteiger partial charge in [0.25, 0.3) is 6.71 Å². The van der Waals surface area contributed by atoms with Crippen LogP contribution in [-0.4, -0.2) is 6.71 Å². The van der Waals surface area contributed by atoms with E-state index in [2.05, 4.69) is 128 Å². The van der Waals surface area contributed by atoms with Gasteiger partial charge in [-0.1, -0.05) is 69.3 Å². The van der Waals surface area contributed by atoms with Gasteiger partial charge in [0.2, 0.25) is 0 Å². The Morgan fingerprint density at radius 1 is 0.462 bits per heavy atom. The van der Waals surface area contributed by atoms with Crippen LogP contribution in [-0.2, 0) is 19.3 Å². The number of fused-ring (bicyclic) bond motifs is 1. The van der Waals surface area contributed by atoms with E-state index in [1.165, 1.54) is 78.3 Å². The lowest BCUT2D eigenvalue weighted by Gasteiger charge is -2.43. The summed E-state index contributed by atoms with van der Waals surface area (Å²) < 4.78 is 0. The zero-order valence-corrected chi connectivity index (χ0v) is 22.8. The maximum absolute atomic E-state index is 2.53. The van der Waals surface area contributed by atoms with Crippen molar-refractivity contribution in [1.29, 1.82) is 0 Å². The molecule has 2 nitrogen and oxygen atoms in total. The molecule has 3 heteroatoms. The summed E-state index contributed by atoms with van der Waals surface area (Å²) in [5.74, 6) is 0. The molecule has 0 radical (unpaired) electrons. The highest BCUT2D eigenvalue weighted by atomic mass is 15.2. The van der Waals surface area contributed by atoms with Gasteiger partial charge in [-0.2, -0.15) is 0 Å². The molecule has 0 N–H and O–H groups in total. The molecular formula is C36H31BN2. The van der Waals surface area contributed by atoms with E-state index >= 15 is 0 Å². The molecule has 0 atom stereocenters. The van der Waals surface area contributed by atoms with E-state index in [9.17, 15) is 0 Å². The van der Waals surface area contributed by atoms with Gasteiger partial charge in [0.1, 0.15) is 0 Å². The van der Waals surface area contributed by atoms with Gasteiger partial charge in [-0.3, -0.25) is 0 Å². The van der Waals surface area contributed by atoms with Crippen molar-refractivity contribution >= 4 is 57.2 Å². The molecule has 5 aromatic rings. The van der Waals surface area contributed by atoms with Crippen molar-refractivity contribution < 1.29 is 0 Å². The van der Waals surface area contributed by atoms with Crippen LogP contribution < -0.4 is 26.2 Å². The largest absolute Gasteiger partial charge is 0.311 e. The topological polar surface area (TPSA) is 6.48 Å². The van der Waals surface area contributed by atoms with E-state index in [1.807, 2.05) is 0 Å². The number of hydrogen-bond donors (Lipinski definition) is 0. The zero-order chi connectivity index (χ0) is 26.2. The third kappa shape index (κ3) is 3.05. The van der Waals surface area contributed by atoms with E-state index in [-0.39, 0.29) is 6.71 Å². The van der Waals surface area contributed by atoms with Gasteiger partial charge in [0.15, 0.2) is 0 Å². The summed E-state index contributed by atoms with van der Waals surface area (Å²) in [5, 5.41) is 0. The maximum atomic E-state index is 2.53. The van der Waals surface area contributed by atoms with Crippen molar-refractivity contribution in [2.45, 2.75) is 40.0 Å². The first-order chi connectivity index (χ1) is 19.2. The average molecular weight is 502 g/mol. The molecular weight excluding hydrogens is 471 g/mol. The van der Waals surface area contributed by atoms with Gasteiger partial charge >= 0.3 is 0 Å². The van der Waals surface area contributed by atoms with Gasteiger partial charge in [-0.25, -0.2) is 0 Å². The van der Waals surface area contributed by atoms with E-state index < -0.39 is 0 Å². The second-order valence-corrected chi connectivity index (χ2v) is 11.0. The van der Waals surface area contributed by atoms with E-state index in [0.29, 0.717) is 0 Å². The van der Waals surface area contributed by atoms with Crippen molar-refractivity contribution in [1.82, 2.24) is 0 Å². The summed E-state index contributed by atoms with van der Waals surface area (Å²) >= 11 is 0. The molecule has 0 saturated heterocycles. The Bertz CT molecular complexity index is 1640. The molecule has 3 heterocycles.